The van der Waals surface area contributed by atoms with Gasteiger partial charge in [0, 0.05) is 16.4 Å². The summed E-state index contributed by atoms with van der Waals surface area (Å²) >= 11 is 7.02. The van der Waals surface area contributed by atoms with Gasteiger partial charge in [0.15, 0.2) is 0 Å². The Kier molecular flexibility index (Phi) is 6.37. The summed E-state index contributed by atoms with van der Waals surface area (Å²) in [6.07, 6.45) is -0.806. The molecule has 9 heteroatoms. The van der Waals surface area contributed by atoms with Crippen LogP contribution in [-0.4, -0.2) is 86.1 Å². The molecule has 1 aromatic rings. The summed E-state index contributed by atoms with van der Waals surface area (Å²) in [7, 11) is 2.26. The third-order valence-corrected chi connectivity index (χ3v) is 8.72. The van der Waals surface area contributed by atoms with E-state index in [2.05, 4.69) is 36.2 Å². The van der Waals surface area contributed by atoms with Crippen LogP contribution >= 0.6 is 24.0 Å². The summed E-state index contributed by atoms with van der Waals surface area (Å²) in [5.41, 5.74) is 1.34. The molecule has 3 aliphatic rings. The smallest absolute Gasteiger partial charge is 0.353 e. The minimum absolute atomic E-state index is 0.0263. The highest BCUT2D eigenvalue weighted by Crippen LogP contribution is 2.50. The van der Waals surface area contributed by atoms with E-state index < -0.39 is 18.0 Å². The van der Waals surface area contributed by atoms with Crippen LogP contribution in [0.1, 0.15) is 19.4 Å². The van der Waals surface area contributed by atoms with Crippen molar-refractivity contribution in [1.29, 1.82) is 0 Å². The fourth-order valence-electron chi connectivity index (χ4n) is 5.13. The van der Waals surface area contributed by atoms with Gasteiger partial charge in [-0.2, -0.15) is 0 Å². The van der Waals surface area contributed by atoms with E-state index in [1.165, 1.54) is 22.2 Å². The summed E-state index contributed by atoms with van der Waals surface area (Å²) in [6, 6.07) is 10.2. The number of thioether (sulfide) groups is 1. The van der Waals surface area contributed by atoms with Crippen LogP contribution in [0.15, 0.2) is 40.9 Å². The normalized spacial score (nSPS) is 27.8. The molecule has 0 aromatic heterocycles. The molecule has 2 saturated heterocycles. The van der Waals surface area contributed by atoms with E-state index in [0.29, 0.717) is 9.23 Å². The zero-order chi connectivity index (χ0) is 23.2. The number of thiocarbonyl (C=S) groups is 1. The highest BCUT2D eigenvalue weighted by molar-refractivity contribution is 8.25. The highest BCUT2D eigenvalue weighted by Gasteiger charge is 2.60. The van der Waals surface area contributed by atoms with Gasteiger partial charge in [-0.25, -0.2) is 4.79 Å². The van der Waals surface area contributed by atoms with Crippen LogP contribution in [0.3, 0.4) is 0 Å². The number of carboxylic acid groups (broad SMARTS) is 1. The second-order valence-corrected chi connectivity index (χ2v) is 11.0. The summed E-state index contributed by atoms with van der Waals surface area (Å²) in [4.78, 5) is 28.6. The fourth-order valence-corrected chi connectivity index (χ4v) is 6.69. The van der Waals surface area contributed by atoms with E-state index in [9.17, 15) is 19.8 Å². The van der Waals surface area contributed by atoms with Gasteiger partial charge >= 0.3 is 5.97 Å². The number of carbonyl (C=O) groups excluding carboxylic acids is 1. The van der Waals surface area contributed by atoms with Crippen molar-refractivity contribution in [2.24, 2.45) is 11.8 Å². The third kappa shape index (κ3) is 4.07. The molecule has 0 aliphatic carbocycles. The average molecular weight is 477 g/mol. The molecule has 0 radical (unpaired) electrons. The monoisotopic (exact) mass is 476 g/mol. The molecule has 3 aliphatic heterocycles. The van der Waals surface area contributed by atoms with Crippen molar-refractivity contribution in [1.82, 2.24) is 9.80 Å². The molecule has 0 spiro atoms. The number of quaternary nitrogens is 1. The number of piperazine rings is 1. The quantitative estimate of drug-likeness (QED) is 0.383. The van der Waals surface area contributed by atoms with Crippen molar-refractivity contribution >= 4 is 40.2 Å². The lowest BCUT2D eigenvalue weighted by Crippen LogP contribution is -2.63. The second kappa shape index (κ2) is 8.78. The number of amides is 1. The number of carboxylic acids is 1. The Morgan fingerprint density at radius 1 is 1.28 bits per heavy atom. The van der Waals surface area contributed by atoms with Crippen molar-refractivity contribution in [3.63, 3.8) is 0 Å². The van der Waals surface area contributed by atoms with Crippen LogP contribution in [-0.2, 0) is 16.1 Å². The molecule has 0 bridgehead atoms. The lowest BCUT2D eigenvalue weighted by atomic mass is 9.79. The van der Waals surface area contributed by atoms with Gasteiger partial charge in [0.25, 0.3) is 0 Å². The molecular weight excluding hydrogens is 446 g/mol. The maximum Gasteiger partial charge on any atom is 0.353 e. The third-order valence-electron chi connectivity index (χ3n) is 6.99. The van der Waals surface area contributed by atoms with Crippen molar-refractivity contribution in [2.75, 3.05) is 33.2 Å². The first kappa shape index (κ1) is 23.2. The number of fused-ring (bicyclic) bond motifs is 1. The van der Waals surface area contributed by atoms with Gasteiger partial charge in [0.1, 0.15) is 16.6 Å². The standard InChI is InChI=1S/C23H29N3O4S2/c1-14-18-17(15(2)27)21(28)25(18)19(22(29)30)20(14)32-23(31)24-9-11-26(3,12-10-24)13-16-7-5-4-6-8-16/h4-8,14-15,17-18,27H,9-13H2,1-3H3/p+1/t14-,15-,17-,18-/m1/s1. The Morgan fingerprint density at radius 2 is 1.91 bits per heavy atom. The van der Waals surface area contributed by atoms with Crippen LogP contribution in [0, 0.1) is 11.8 Å². The van der Waals surface area contributed by atoms with Crippen molar-refractivity contribution in [3.05, 3.63) is 46.5 Å². The largest absolute Gasteiger partial charge is 0.477 e. The first-order valence-corrected chi connectivity index (χ1v) is 12.2. The molecule has 1 aromatic carbocycles. The van der Waals surface area contributed by atoms with Gasteiger partial charge in [-0.1, -0.05) is 61.2 Å². The molecule has 3 heterocycles. The number of nitrogens with zero attached hydrogens (tertiary/aromatic N) is 3. The highest BCUT2D eigenvalue weighted by atomic mass is 32.2. The number of aliphatic carboxylic acids is 1. The van der Waals surface area contributed by atoms with Crippen LogP contribution in [0.2, 0.25) is 0 Å². The molecule has 1 amide bonds. The zero-order valence-electron chi connectivity index (χ0n) is 18.6. The van der Waals surface area contributed by atoms with Crippen LogP contribution in [0.25, 0.3) is 0 Å². The molecule has 2 N–H and O–H groups in total. The number of carbonyl (C=O) groups is 2. The molecule has 0 saturated carbocycles. The number of aliphatic hydroxyl groups is 1. The van der Waals surface area contributed by atoms with Crippen molar-refractivity contribution in [3.8, 4) is 0 Å². The molecule has 172 valence electrons. The molecule has 4 rings (SSSR count). The molecule has 0 unspecified atom stereocenters. The van der Waals surface area contributed by atoms with E-state index in [1.54, 1.807) is 6.92 Å². The number of hydrogen-bond acceptors (Lipinski definition) is 5. The predicted octanol–water partition coefficient (Wildman–Crippen LogP) is 2.12. The topological polar surface area (TPSA) is 81.1 Å². The van der Waals surface area contributed by atoms with E-state index in [4.69, 9.17) is 12.2 Å². The number of β-lactam (4-membered cyclic amide) rings is 1. The van der Waals surface area contributed by atoms with E-state index in [1.807, 2.05) is 13.0 Å². The van der Waals surface area contributed by atoms with E-state index in [-0.39, 0.29) is 23.6 Å². The maximum absolute atomic E-state index is 12.5. The fraction of sp³-hybridized carbons (Fsp3) is 0.522. The van der Waals surface area contributed by atoms with Gasteiger partial charge in [0.05, 0.1) is 51.3 Å². The second-order valence-electron chi connectivity index (χ2n) is 9.34. The van der Waals surface area contributed by atoms with Gasteiger partial charge in [-0.15, -0.1) is 0 Å². The number of likely N-dealkylation sites (N-methyl/N-ethyl adjacent to an activating group) is 1. The molecule has 32 heavy (non-hydrogen) atoms. The molecule has 2 fully saturated rings. The van der Waals surface area contributed by atoms with Gasteiger partial charge < -0.3 is 24.5 Å². The Balaban J connectivity index is 1.43. The minimum Gasteiger partial charge on any atom is -0.477 e. The average Bonchev–Trinajstić information content (AvgIpc) is 2.97. The van der Waals surface area contributed by atoms with Gasteiger partial charge in [0.2, 0.25) is 5.91 Å². The molecular formula is C23H30N3O4S2+. The number of aliphatic hydroxyl groups excluding tert-OH is 1. The Labute approximate surface area is 198 Å². The lowest BCUT2D eigenvalue weighted by molar-refractivity contribution is -0.925. The first-order valence-electron chi connectivity index (χ1n) is 11.0. The van der Waals surface area contributed by atoms with Crippen molar-refractivity contribution < 1.29 is 24.3 Å². The molecule has 7 nitrogen and oxygen atoms in total. The number of hydrogen-bond donors (Lipinski definition) is 2. The summed E-state index contributed by atoms with van der Waals surface area (Å²) in [5, 5.41) is 19.8. The number of rotatable bonds is 5. The Morgan fingerprint density at radius 3 is 2.47 bits per heavy atom. The number of benzene rings is 1. The maximum atomic E-state index is 12.5. The van der Waals surface area contributed by atoms with Crippen LogP contribution in [0.4, 0.5) is 0 Å². The van der Waals surface area contributed by atoms with Gasteiger partial charge in [-0.3, -0.25) is 4.79 Å². The molecule has 4 atom stereocenters. The predicted molar refractivity (Wildman–Crippen MR) is 127 cm³/mol. The van der Waals surface area contributed by atoms with E-state index in [0.717, 1.165) is 37.2 Å². The first-order chi connectivity index (χ1) is 15.1. The summed E-state index contributed by atoms with van der Waals surface area (Å²) in [6.45, 7) is 7.99. The van der Waals surface area contributed by atoms with Gasteiger partial charge in [-0.05, 0) is 6.92 Å². The van der Waals surface area contributed by atoms with E-state index >= 15 is 0 Å². The minimum atomic E-state index is -1.12. The summed E-state index contributed by atoms with van der Waals surface area (Å²) < 4.78 is 1.59. The van der Waals surface area contributed by atoms with Crippen molar-refractivity contribution in [2.45, 2.75) is 32.5 Å². The lowest BCUT2D eigenvalue weighted by Gasteiger charge is -2.46. The summed E-state index contributed by atoms with van der Waals surface area (Å²) in [5.74, 6) is -2.17. The van der Waals surface area contributed by atoms with Crippen LogP contribution < -0.4 is 0 Å². The Bertz CT molecular complexity index is 957. The SMILES string of the molecule is C[C@@H](O)[C@H]1C(=O)N2C(C(=O)O)=C(SC(=S)N3CC[N+](C)(Cc4ccccc4)CC3)[C@H](C)[C@H]12. The van der Waals surface area contributed by atoms with Crippen LogP contribution in [0.5, 0.6) is 0 Å². The zero-order valence-corrected chi connectivity index (χ0v) is 20.2. The Hall–Kier alpha value is -1.94.